The molecule has 1 amide bonds. The summed E-state index contributed by atoms with van der Waals surface area (Å²) in [7, 11) is -3.69. The highest BCUT2D eigenvalue weighted by Gasteiger charge is 2.18. The minimum Gasteiger partial charge on any atom is -0.444 e. The summed E-state index contributed by atoms with van der Waals surface area (Å²) in [5, 5.41) is 11.3. The van der Waals surface area contributed by atoms with Crippen molar-refractivity contribution in [2.45, 2.75) is 63.6 Å². The molecule has 0 bridgehead atoms. The summed E-state index contributed by atoms with van der Waals surface area (Å²) in [6.07, 6.45) is 0.369. The molecule has 0 heterocycles. The number of alkyl carbamates (subject to hydrolysis) is 1. The van der Waals surface area contributed by atoms with Crippen molar-refractivity contribution in [1.82, 2.24) is 10.6 Å². The van der Waals surface area contributed by atoms with Crippen molar-refractivity contribution in [3.8, 4) is 0 Å². The quantitative estimate of drug-likeness (QED) is 0.681. The van der Waals surface area contributed by atoms with E-state index in [1.807, 2.05) is 34.6 Å². The van der Waals surface area contributed by atoms with E-state index >= 15 is 0 Å². The Bertz CT molecular complexity index is 666. The molecule has 8 heteroatoms. The third kappa shape index (κ3) is 7.85. The number of ether oxygens (including phenoxy) is 1. The van der Waals surface area contributed by atoms with Crippen molar-refractivity contribution < 1.29 is 17.9 Å². The van der Waals surface area contributed by atoms with Crippen LogP contribution in [0, 0.1) is 0 Å². The maximum absolute atomic E-state index is 11.7. The minimum absolute atomic E-state index is 0.0140. The number of hydrogen-bond donors (Lipinski definition) is 3. The highest BCUT2D eigenvalue weighted by molar-refractivity contribution is 7.89. The smallest absolute Gasteiger partial charge is 0.407 e. The predicted molar refractivity (Wildman–Crippen MR) is 97.7 cm³/mol. The van der Waals surface area contributed by atoms with Gasteiger partial charge in [0.05, 0.1) is 4.90 Å². The lowest BCUT2D eigenvalue weighted by atomic mass is 10.1. The first-order chi connectivity index (χ1) is 11.4. The molecule has 1 aromatic rings. The SMILES string of the molecule is CCC(CNC(=O)OC(C)(C)C)NC(C)c1ccc(S(N)(=O)=O)cc1. The highest BCUT2D eigenvalue weighted by atomic mass is 32.2. The van der Waals surface area contributed by atoms with Gasteiger partial charge in [-0.05, 0) is 51.8 Å². The van der Waals surface area contributed by atoms with Crippen LogP contribution in [0.5, 0.6) is 0 Å². The van der Waals surface area contributed by atoms with E-state index in [1.165, 1.54) is 12.1 Å². The van der Waals surface area contributed by atoms with Gasteiger partial charge in [0.15, 0.2) is 0 Å². The summed E-state index contributed by atoms with van der Waals surface area (Å²) in [4.78, 5) is 11.8. The third-order valence-corrected chi connectivity index (χ3v) is 4.51. The minimum atomic E-state index is -3.69. The van der Waals surface area contributed by atoms with Crippen LogP contribution in [-0.2, 0) is 14.8 Å². The lowest BCUT2D eigenvalue weighted by molar-refractivity contribution is 0.0521. The molecular formula is C17H29N3O4S. The molecule has 7 nitrogen and oxygen atoms in total. The lowest BCUT2D eigenvalue weighted by Gasteiger charge is -2.24. The molecule has 0 aliphatic rings. The zero-order valence-electron chi connectivity index (χ0n) is 15.5. The Labute approximate surface area is 150 Å². The van der Waals surface area contributed by atoms with Gasteiger partial charge in [0.25, 0.3) is 0 Å². The standard InChI is InChI=1S/C17H29N3O4S/c1-6-14(11-19-16(21)24-17(3,4)5)20-12(2)13-7-9-15(10-8-13)25(18,22)23/h7-10,12,14,20H,6,11H2,1-5H3,(H,19,21)(H2,18,22,23). The Morgan fingerprint density at radius 3 is 2.24 bits per heavy atom. The van der Waals surface area contributed by atoms with Gasteiger partial charge in [-0.25, -0.2) is 18.4 Å². The fourth-order valence-electron chi connectivity index (χ4n) is 2.24. The number of amides is 1. The van der Waals surface area contributed by atoms with E-state index in [1.54, 1.807) is 12.1 Å². The van der Waals surface area contributed by atoms with Crippen molar-refractivity contribution in [3.63, 3.8) is 0 Å². The monoisotopic (exact) mass is 371 g/mol. The molecule has 0 saturated carbocycles. The van der Waals surface area contributed by atoms with Crippen molar-refractivity contribution in [3.05, 3.63) is 29.8 Å². The van der Waals surface area contributed by atoms with Gasteiger partial charge in [-0.15, -0.1) is 0 Å². The largest absolute Gasteiger partial charge is 0.444 e. The zero-order valence-corrected chi connectivity index (χ0v) is 16.3. The van der Waals surface area contributed by atoms with Crippen molar-refractivity contribution in [2.75, 3.05) is 6.54 Å². The second kappa shape index (κ2) is 8.64. The fraction of sp³-hybridized carbons (Fsp3) is 0.588. The van der Waals surface area contributed by atoms with E-state index in [9.17, 15) is 13.2 Å². The number of benzene rings is 1. The highest BCUT2D eigenvalue weighted by Crippen LogP contribution is 2.16. The molecule has 0 saturated heterocycles. The van der Waals surface area contributed by atoms with Gasteiger partial charge in [0, 0.05) is 18.6 Å². The Morgan fingerprint density at radius 2 is 1.80 bits per heavy atom. The number of hydrogen-bond acceptors (Lipinski definition) is 5. The van der Waals surface area contributed by atoms with Gasteiger partial charge in [-0.2, -0.15) is 0 Å². The average Bonchev–Trinajstić information content (AvgIpc) is 2.48. The average molecular weight is 372 g/mol. The molecule has 0 aliphatic carbocycles. The number of nitrogens with two attached hydrogens (primary N) is 1. The topological polar surface area (TPSA) is 111 Å². The Kier molecular flexibility index (Phi) is 7.40. The van der Waals surface area contributed by atoms with E-state index in [4.69, 9.17) is 9.88 Å². The van der Waals surface area contributed by atoms with Crippen LogP contribution >= 0.6 is 0 Å². The van der Waals surface area contributed by atoms with Gasteiger partial charge in [-0.3, -0.25) is 0 Å². The van der Waals surface area contributed by atoms with Crippen LogP contribution in [0.3, 0.4) is 0 Å². The molecule has 0 spiro atoms. The molecule has 0 aliphatic heterocycles. The summed E-state index contributed by atoms with van der Waals surface area (Å²) >= 11 is 0. The number of carbonyl (C=O) groups excluding carboxylic acids is 1. The first kappa shape index (κ1) is 21.4. The number of nitrogens with one attached hydrogen (secondary N) is 2. The van der Waals surface area contributed by atoms with E-state index in [0.29, 0.717) is 6.54 Å². The summed E-state index contributed by atoms with van der Waals surface area (Å²) in [6.45, 7) is 9.87. The third-order valence-electron chi connectivity index (χ3n) is 3.58. The molecule has 2 unspecified atom stereocenters. The second-order valence-corrected chi connectivity index (χ2v) is 8.55. The first-order valence-electron chi connectivity index (χ1n) is 8.28. The molecule has 25 heavy (non-hydrogen) atoms. The zero-order chi connectivity index (χ0) is 19.3. The maximum atomic E-state index is 11.7. The van der Waals surface area contributed by atoms with Crippen molar-refractivity contribution in [2.24, 2.45) is 5.14 Å². The Hall–Kier alpha value is -1.64. The predicted octanol–water partition coefficient (Wildman–Crippen LogP) is 2.29. The summed E-state index contributed by atoms with van der Waals surface area (Å²) in [5.74, 6) is 0. The molecule has 4 N–H and O–H groups in total. The van der Waals surface area contributed by atoms with Crippen LogP contribution in [0.15, 0.2) is 29.2 Å². The summed E-state index contributed by atoms with van der Waals surface area (Å²) in [6, 6.07) is 6.47. The van der Waals surface area contributed by atoms with Crippen LogP contribution in [0.1, 0.15) is 52.6 Å². The lowest BCUT2D eigenvalue weighted by Crippen LogP contribution is -2.43. The van der Waals surface area contributed by atoms with Gasteiger partial charge in [0.2, 0.25) is 10.0 Å². The number of rotatable bonds is 7. The summed E-state index contributed by atoms with van der Waals surface area (Å²) < 4.78 is 27.8. The molecule has 1 rings (SSSR count). The van der Waals surface area contributed by atoms with E-state index < -0.39 is 21.7 Å². The fourth-order valence-corrected chi connectivity index (χ4v) is 2.75. The molecular weight excluding hydrogens is 342 g/mol. The van der Waals surface area contributed by atoms with Crippen LogP contribution in [0.4, 0.5) is 4.79 Å². The van der Waals surface area contributed by atoms with Crippen LogP contribution in [-0.4, -0.2) is 32.7 Å². The van der Waals surface area contributed by atoms with Crippen molar-refractivity contribution >= 4 is 16.1 Å². The summed E-state index contributed by atoms with van der Waals surface area (Å²) in [5.41, 5.74) is 0.403. The maximum Gasteiger partial charge on any atom is 0.407 e. The molecule has 142 valence electrons. The van der Waals surface area contributed by atoms with E-state index in [2.05, 4.69) is 10.6 Å². The van der Waals surface area contributed by atoms with Gasteiger partial charge < -0.3 is 15.4 Å². The van der Waals surface area contributed by atoms with Crippen LogP contribution in [0.25, 0.3) is 0 Å². The second-order valence-electron chi connectivity index (χ2n) is 6.99. The normalized spacial score (nSPS) is 14.6. The number of sulfonamides is 1. The van der Waals surface area contributed by atoms with E-state index in [0.717, 1.165) is 12.0 Å². The Balaban J connectivity index is 2.61. The van der Waals surface area contributed by atoms with Crippen molar-refractivity contribution in [1.29, 1.82) is 0 Å². The molecule has 1 aromatic carbocycles. The van der Waals surface area contributed by atoms with Gasteiger partial charge in [0.1, 0.15) is 5.60 Å². The number of primary sulfonamides is 1. The Morgan fingerprint density at radius 1 is 1.24 bits per heavy atom. The van der Waals surface area contributed by atoms with E-state index in [-0.39, 0.29) is 17.0 Å². The van der Waals surface area contributed by atoms with Crippen LogP contribution < -0.4 is 15.8 Å². The molecule has 2 atom stereocenters. The number of carbonyl (C=O) groups is 1. The van der Waals surface area contributed by atoms with Crippen LogP contribution in [0.2, 0.25) is 0 Å². The molecule has 0 radical (unpaired) electrons. The van der Waals surface area contributed by atoms with Gasteiger partial charge in [-0.1, -0.05) is 19.1 Å². The van der Waals surface area contributed by atoms with Gasteiger partial charge >= 0.3 is 6.09 Å². The molecule has 0 fully saturated rings. The molecule has 0 aromatic heterocycles. The first-order valence-corrected chi connectivity index (χ1v) is 9.82.